The number of nitrogens with zero attached hydrogens (tertiary/aromatic N) is 3. The molecule has 0 fully saturated rings. The van der Waals surface area contributed by atoms with E-state index >= 15 is 0 Å². The quantitative estimate of drug-likeness (QED) is 0.821. The molecule has 18 heavy (non-hydrogen) atoms. The number of nitrogens with one attached hydrogen (secondary N) is 1. The monoisotopic (exact) mass is 246 g/mol. The number of aromatic nitrogens is 3. The summed E-state index contributed by atoms with van der Waals surface area (Å²) in [6, 6.07) is 3.48. The lowest BCUT2D eigenvalue weighted by atomic mass is 10.2. The van der Waals surface area contributed by atoms with Gasteiger partial charge >= 0.3 is 5.97 Å². The molecule has 0 aromatic carbocycles. The van der Waals surface area contributed by atoms with Crippen molar-refractivity contribution in [3.8, 4) is 0 Å². The summed E-state index contributed by atoms with van der Waals surface area (Å²) in [6.45, 7) is 0.577. The first kappa shape index (κ1) is 12.1. The third-order valence-corrected chi connectivity index (χ3v) is 2.42. The minimum absolute atomic E-state index is 0.380. The molecule has 2 aromatic rings. The molecule has 0 saturated carbocycles. The highest BCUT2D eigenvalue weighted by Crippen LogP contribution is 2.07. The topological polar surface area (TPSA) is 69.0 Å². The Bertz CT molecular complexity index is 533. The van der Waals surface area contributed by atoms with E-state index in [0.717, 1.165) is 11.4 Å². The lowest BCUT2D eigenvalue weighted by molar-refractivity contribution is 0.0600. The van der Waals surface area contributed by atoms with E-state index in [-0.39, 0.29) is 5.97 Å². The summed E-state index contributed by atoms with van der Waals surface area (Å²) in [4.78, 5) is 15.4. The Morgan fingerprint density at radius 1 is 1.44 bits per heavy atom. The normalized spacial score (nSPS) is 10.1. The van der Waals surface area contributed by atoms with Crippen LogP contribution in [0.25, 0.3) is 0 Å². The average Bonchev–Trinajstić information content (AvgIpc) is 2.82. The van der Waals surface area contributed by atoms with Crippen LogP contribution in [0.3, 0.4) is 0 Å². The fourth-order valence-corrected chi connectivity index (χ4v) is 1.47. The number of carbonyl (C=O) groups is 1. The molecule has 0 unspecified atom stereocenters. The number of carbonyl (C=O) groups excluding carboxylic acids is 1. The molecule has 2 rings (SSSR count). The van der Waals surface area contributed by atoms with Gasteiger partial charge in [-0.15, -0.1) is 0 Å². The molecule has 0 spiro atoms. The van der Waals surface area contributed by atoms with E-state index in [1.807, 2.05) is 13.2 Å². The molecular formula is C12H14N4O2. The van der Waals surface area contributed by atoms with Gasteiger partial charge in [-0.25, -0.2) is 4.79 Å². The highest BCUT2D eigenvalue weighted by Gasteiger charge is 2.05. The fourth-order valence-electron chi connectivity index (χ4n) is 1.47. The predicted molar refractivity (Wildman–Crippen MR) is 66.1 cm³/mol. The number of anilines is 1. The maximum Gasteiger partial charge on any atom is 0.339 e. The first-order chi connectivity index (χ1) is 8.69. The van der Waals surface area contributed by atoms with Crippen LogP contribution in [-0.4, -0.2) is 27.8 Å². The van der Waals surface area contributed by atoms with Crippen LogP contribution in [0, 0.1) is 0 Å². The molecule has 0 aliphatic heterocycles. The molecule has 0 atom stereocenters. The number of hydrogen-bond acceptors (Lipinski definition) is 5. The molecule has 2 aromatic heterocycles. The molecule has 0 aliphatic rings. The Hall–Kier alpha value is -2.37. The van der Waals surface area contributed by atoms with E-state index in [1.165, 1.54) is 13.3 Å². The Morgan fingerprint density at radius 2 is 2.28 bits per heavy atom. The van der Waals surface area contributed by atoms with Crippen LogP contribution in [0.1, 0.15) is 16.1 Å². The largest absolute Gasteiger partial charge is 0.465 e. The molecule has 0 radical (unpaired) electrons. The minimum Gasteiger partial charge on any atom is -0.465 e. The standard InChI is InChI=1S/C12H14N4O2/c1-16-8-11(7-15-16)14-6-10-4-3-9(5-13-10)12(17)18-2/h3-5,7-8,14H,6H2,1-2H3. The van der Waals surface area contributed by atoms with Crippen molar-refractivity contribution in [2.24, 2.45) is 7.05 Å². The Morgan fingerprint density at radius 3 is 2.83 bits per heavy atom. The van der Waals surface area contributed by atoms with Gasteiger partial charge in [0.05, 0.1) is 36.8 Å². The fraction of sp³-hybridized carbons (Fsp3) is 0.250. The molecule has 6 heteroatoms. The number of esters is 1. The van der Waals surface area contributed by atoms with Crippen LogP contribution < -0.4 is 5.32 Å². The van der Waals surface area contributed by atoms with Crippen LogP contribution >= 0.6 is 0 Å². The van der Waals surface area contributed by atoms with Gasteiger partial charge in [0, 0.05) is 19.4 Å². The van der Waals surface area contributed by atoms with Crippen LogP contribution in [0.5, 0.6) is 0 Å². The number of ether oxygens (including phenoxy) is 1. The van der Waals surface area contributed by atoms with Crippen molar-refractivity contribution < 1.29 is 9.53 Å². The zero-order chi connectivity index (χ0) is 13.0. The third-order valence-electron chi connectivity index (χ3n) is 2.42. The average molecular weight is 246 g/mol. The molecule has 2 heterocycles. The molecular weight excluding hydrogens is 232 g/mol. The molecule has 94 valence electrons. The van der Waals surface area contributed by atoms with Gasteiger partial charge in [-0.2, -0.15) is 5.10 Å². The van der Waals surface area contributed by atoms with Crippen molar-refractivity contribution in [2.45, 2.75) is 6.54 Å². The number of aryl methyl sites for hydroxylation is 1. The number of hydrogen-bond donors (Lipinski definition) is 1. The number of rotatable bonds is 4. The molecule has 6 nitrogen and oxygen atoms in total. The van der Waals surface area contributed by atoms with Crippen molar-refractivity contribution in [1.82, 2.24) is 14.8 Å². The summed E-state index contributed by atoms with van der Waals surface area (Å²) in [5.41, 5.74) is 2.21. The maximum atomic E-state index is 11.2. The second-order valence-corrected chi connectivity index (χ2v) is 3.79. The summed E-state index contributed by atoms with van der Waals surface area (Å²) < 4.78 is 6.32. The second kappa shape index (κ2) is 5.31. The van der Waals surface area contributed by atoms with Gasteiger partial charge in [0.25, 0.3) is 0 Å². The number of methoxy groups -OCH3 is 1. The first-order valence-electron chi connectivity index (χ1n) is 5.45. The highest BCUT2D eigenvalue weighted by molar-refractivity contribution is 5.88. The Labute approximate surface area is 105 Å². The van der Waals surface area contributed by atoms with Gasteiger partial charge in [-0.1, -0.05) is 0 Å². The zero-order valence-corrected chi connectivity index (χ0v) is 10.3. The van der Waals surface area contributed by atoms with Crippen LogP contribution in [0.2, 0.25) is 0 Å². The predicted octanol–water partition coefficient (Wildman–Crippen LogP) is 1.21. The lowest BCUT2D eigenvalue weighted by Crippen LogP contribution is -2.05. The SMILES string of the molecule is COC(=O)c1ccc(CNc2cnn(C)c2)nc1. The van der Waals surface area contributed by atoms with Crippen molar-refractivity contribution in [2.75, 3.05) is 12.4 Å². The third kappa shape index (κ3) is 2.85. The molecule has 0 saturated heterocycles. The van der Waals surface area contributed by atoms with Gasteiger partial charge < -0.3 is 10.1 Å². The van der Waals surface area contributed by atoms with Crippen molar-refractivity contribution in [3.05, 3.63) is 42.0 Å². The van der Waals surface area contributed by atoms with Crippen molar-refractivity contribution in [3.63, 3.8) is 0 Å². The first-order valence-corrected chi connectivity index (χ1v) is 5.45. The summed E-state index contributed by atoms with van der Waals surface area (Å²) in [6.07, 6.45) is 5.12. The summed E-state index contributed by atoms with van der Waals surface area (Å²) >= 11 is 0. The van der Waals surface area contributed by atoms with Gasteiger partial charge in [0.1, 0.15) is 0 Å². The van der Waals surface area contributed by atoms with Gasteiger partial charge in [-0.05, 0) is 12.1 Å². The smallest absolute Gasteiger partial charge is 0.339 e. The highest BCUT2D eigenvalue weighted by atomic mass is 16.5. The summed E-state index contributed by atoms with van der Waals surface area (Å²) in [5, 5.41) is 7.23. The van der Waals surface area contributed by atoms with Crippen molar-refractivity contribution in [1.29, 1.82) is 0 Å². The van der Waals surface area contributed by atoms with E-state index in [4.69, 9.17) is 0 Å². The van der Waals surface area contributed by atoms with E-state index in [1.54, 1.807) is 23.0 Å². The van der Waals surface area contributed by atoms with E-state index in [2.05, 4.69) is 20.1 Å². The second-order valence-electron chi connectivity index (χ2n) is 3.79. The Kier molecular flexibility index (Phi) is 3.57. The Balaban J connectivity index is 1.96. The van der Waals surface area contributed by atoms with Gasteiger partial charge in [0.15, 0.2) is 0 Å². The van der Waals surface area contributed by atoms with Gasteiger partial charge in [0.2, 0.25) is 0 Å². The van der Waals surface area contributed by atoms with Gasteiger partial charge in [-0.3, -0.25) is 9.67 Å². The molecule has 1 N–H and O–H groups in total. The van der Waals surface area contributed by atoms with Crippen molar-refractivity contribution >= 4 is 11.7 Å². The maximum absolute atomic E-state index is 11.2. The van der Waals surface area contributed by atoms with Crippen LogP contribution in [-0.2, 0) is 18.3 Å². The zero-order valence-electron chi connectivity index (χ0n) is 10.3. The van der Waals surface area contributed by atoms with E-state index < -0.39 is 0 Å². The molecule has 0 amide bonds. The molecule has 0 aliphatic carbocycles. The minimum atomic E-state index is -0.380. The van der Waals surface area contributed by atoms with Crippen LogP contribution in [0.4, 0.5) is 5.69 Å². The molecule has 0 bridgehead atoms. The van der Waals surface area contributed by atoms with E-state index in [0.29, 0.717) is 12.1 Å². The van der Waals surface area contributed by atoms with Crippen LogP contribution in [0.15, 0.2) is 30.7 Å². The lowest BCUT2D eigenvalue weighted by Gasteiger charge is -2.03. The summed E-state index contributed by atoms with van der Waals surface area (Å²) in [5.74, 6) is -0.380. The van der Waals surface area contributed by atoms with E-state index in [9.17, 15) is 4.79 Å². The summed E-state index contributed by atoms with van der Waals surface area (Å²) in [7, 11) is 3.20. The number of pyridine rings is 1.